The number of rotatable bonds is 4. The first kappa shape index (κ1) is 13.8. The minimum absolute atomic E-state index is 0. The Hall–Kier alpha value is 0.200. The molecule has 1 unspecified atom stereocenters. The number of nitrogens with two attached hydrogens (primary N) is 1. The molecule has 11 heavy (non-hydrogen) atoms. The third-order valence-corrected chi connectivity index (χ3v) is 1.47. The Balaban J connectivity index is 0. The second-order valence-electron chi connectivity index (χ2n) is 1.84. The highest BCUT2D eigenvalue weighted by molar-refractivity contribution is 9.09. The monoisotopic (exact) mass is 245 g/mol. The van der Waals surface area contributed by atoms with Crippen molar-refractivity contribution in [3.63, 3.8) is 0 Å². The van der Waals surface area contributed by atoms with E-state index in [1.54, 1.807) is 6.92 Å². The molecule has 0 aromatic rings. The lowest BCUT2D eigenvalue weighted by Gasteiger charge is -2.07. The van der Waals surface area contributed by atoms with E-state index in [4.69, 9.17) is 5.73 Å². The van der Waals surface area contributed by atoms with Crippen molar-refractivity contribution in [3.8, 4) is 0 Å². The fourth-order valence-corrected chi connectivity index (χ4v) is 0.978. The van der Waals surface area contributed by atoms with Crippen LogP contribution in [-0.2, 0) is 9.53 Å². The maximum Gasteiger partial charge on any atom is 0.322 e. The van der Waals surface area contributed by atoms with E-state index in [2.05, 4.69) is 20.7 Å². The molecule has 0 spiro atoms. The number of carbonyl (C=O) groups is 1. The van der Waals surface area contributed by atoms with Crippen LogP contribution in [0.25, 0.3) is 0 Å². The fourth-order valence-electron chi connectivity index (χ4n) is 0.485. The molecule has 0 bridgehead atoms. The molecule has 0 aliphatic heterocycles. The zero-order valence-electron chi connectivity index (χ0n) is 6.38. The molecule has 3 nitrogen and oxygen atoms in total. The standard InChI is InChI=1S/C6H12BrNO2.ClH/c1-2-10-6(9)5(8)3-4-7;/h5H,2-4,8H2,1H3;1H. The van der Waals surface area contributed by atoms with Crippen molar-refractivity contribution >= 4 is 34.3 Å². The quantitative estimate of drug-likeness (QED) is 0.597. The Morgan fingerprint density at radius 3 is 2.64 bits per heavy atom. The summed E-state index contributed by atoms with van der Waals surface area (Å²) in [6, 6.07) is -0.473. The van der Waals surface area contributed by atoms with Gasteiger partial charge in [-0.05, 0) is 13.3 Å². The molecule has 0 saturated heterocycles. The van der Waals surface area contributed by atoms with E-state index >= 15 is 0 Å². The summed E-state index contributed by atoms with van der Waals surface area (Å²) in [5.41, 5.74) is 5.41. The van der Waals surface area contributed by atoms with Gasteiger partial charge in [0.25, 0.3) is 0 Å². The van der Waals surface area contributed by atoms with Gasteiger partial charge in [0.05, 0.1) is 6.61 Å². The van der Waals surface area contributed by atoms with E-state index in [-0.39, 0.29) is 18.4 Å². The van der Waals surface area contributed by atoms with Gasteiger partial charge in [0.1, 0.15) is 6.04 Å². The molecule has 0 aliphatic carbocycles. The summed E-state index contributed by atoms with van der Waals surface area (Å²) >= 11 is 3.18. The van der Waals surface area contributed by atoms with Crippen LogP contribution in [0.2, 0.25) is 0 Å². The molecule has 0 radical (unpaired) electrons. The van der Waals surface area contributed by atoms with Crippen molar-refractivity contribution in [2.45, 2.75) is 19.4 Å². The lowest BCUT2D eigenvalue weighted by molar-refractivity contribution is -0.144. The van der Waals surface area contributed by atoms with E-state index in [1.807, 2.05) is 0 Å². The molecule has 0 amide bonds. The lowest BCUT2D eigenvalue weighted by Crippen LogP contribution is -2.32. The van der Waals surface area contributed by atoms with Crippen LogP contribution in [0.1, 0.15) is 13.3 Å². The molecule has 1 atom stereocenters. The highest BCUT2D eigenvalue weighted by Crippen LogP contribution is 1.95. The molecule has 0 heterocycles. The molecule has 0 saturated carbocycles. The smallest absolute Gasteiger partial charge is 0.322 e. The normalized spacial score (nSPS) is 11.5. The molecule has 2 N–H and O–H groups in total. The van der Waals surface area contributed by atoms with E-state index in [9.17, 15) is 4.79 Å². The van der Waals surface area contributed by atoms with Gasteiger partial charge in [0, 0.05) is 5.33 Å². The van der Waals surface area contributed by atoms with E-state index in [0.717, 1.165) is 5.33 Å². The molecule has 5 heteroatoms. The number of alkyl halides is 1. The third kappa shape index (κ3) is 6.59. The van der Waals surface area contributed by atoms with Crippen LogP contribution < -0.4 is 5.73 Å². The van der Waals surface area contributed by atoms with Gasteiger partial charge in [-0.3, -0.25) is 4.79 Å². The Morgan fingerprint density at radius 2 is 2.27 bits per heavy atom. The summed E-state index contributed by atoms with van der Waals surface area (Å²) in [7, 11) is 0. The maximum absolute atomic E-state index is 10.8. The van der Waals surface area contributed by atoms with E-state index in [1.165, 1.54) is 0 Å². The number of hydrogen-bond acceptors (Lipinski definition) is 3. The Morgan fingerprint density at radius 1 is 1.73 bits per heavy atom. The average molecular weight is 247 g/mol. The van der Waals surface area contributed by atoms with Gasteiger partial charge in [0.15, 0.2) is 0 Å². The number of halogens is 2. The average Bonchev–Trinajstić information content (AvgIpc) is 1.89. The third-order valence-electron chi connectivity index (χ3n) is 1.01. The Kier molecular flexibility index (Phi) is 10.4. The van der Waals surface area contributed by atoms with Crippen molar-refractivity contribution in [1.29, 1.82) is 0 Å². The second-order valence-corrected chi connectivity index (χ2v) is 2.63. The summed E-state index contributed by atoms with van der Waals surface area (Å²) in [4.78, 5) is 10.8. The molecular formula is C6H13BrClNO2. The van der Waals surface area contributed by atoms with Crippen molar-refractivity contribution in [2.24, 2.45) is 5.73 Å². The molecular weight excluding hydrogens is 233 g/mol. The largest absolute Gasteiger partial charge is 0.465 e. The van der Waals surface area contributed by atoms with E-state index < -0.39 is 6.04 Å². The van der Waals surface area contributed by atoms with Crippen LogP contribution in [0.5, 0.6) is 0 Å². The fraction of sp³-hybridized carbons (Fsp3) is 0.833. The summed E-state index contributed by atoms with van der Waals surface area (Å²) in [5.74, 6) is -0.318. The highest BCUT2D eigenvalue weighted by Gasteiger charge is 2.12. The van der Waals surface area contributed by atoms with Gasteiger partial charge >= 0.3 is 5.97 Å². The highest BCUT2D eigenvalue weighted by atomic mass is 79.9. The number of esters is 1. The SMILES string of the molecule is CCOC(=O)C(N)CCBr.Cl. The van der Waals surface area contributed by atoms with Crippen molar-refractivity contribution < 1.29 is 9.53 Å². The predicted octanol–water partition coefficient (Wildman–Crippen LogP) is 1.08. The number of ether oxygens (including phenoxy) is 1. The minimum Gasteiger partial charge on any atom is -0.465 e. The predicted molar refractivity (Wildman–Crippen MR) is 50.3 cm³/mol. The minimum atomic E-state index is -0.473. The molecule has 0 aromatic heterocycles. The number of carbonyl (C=O) groups excluding carboxylic acids is 1. The van der Waals surface area contributed by atoms with Crippen LogP contribution in [0.4, 0.5) is 0 Å². The maximum atomic E-state index is 10.8. The summed E-state index contributed by atoms with van der Waals surface area (Å²) in [6.07, 6.45) is 0.624. The molecule has 0 fully saturated rings. The number of hydrogen-bond donors (Lipinski definition) is 1. The summed E-state index contributed by atoms with van der Waals surface area (Å²) in [6.45, 7) is 2.16. The van der Waals surface area contributed by atoms with Crippen molar-refractivity contribution in [3.05, 3.63) is 0 Å². The molecule has 0 rings (SSSR count). The first-order chi connectivity index (χ1) is 4.72. The molecule has 68 valence electrons. The molecule has 0 aromatic carbocycles. The summed E-state index contributed by atoms with van der Waals surface area (Å²) in [5, 5.41) is 0.729. The first-order valence-corrected chi connectivity index (χ1v) is 4.32. The Bertz CT molecular complexity index is 113. The molecule has 0 aliphatic rings. The van der Waals surface area contributed by atoms with Gasteiger partial charge in [-0.25, -0.2) is 0 Å². The first-order valence-electron chi connectivity index (χ1n) is 3.20. The lowest BCUT2D eigenvalue weighted by atomic mass is 10.2. The van der Waals surface area contributed by atoms with Crippen LogP contribution in [-0.4, -0.2) is 23.9 Å². The topological polar surface area (TPSA) is 52.3 Å². The second kappa shape index (κ2) is 8.30. The van der Waals surface area contributed by atoms with Gasteiger partial charge in [0.2, 0.25) is 0 Å². The van der Waals surface area contributed by atoms with Gasteiger partial charge < -0.3 is 10.5 Å². The van der Waals surface area contributed by atoms with Crippen LogP contribution in [0, 0.1) is 0 Å². The van der Waals surface area contributed by atoms with Crippen LogP contribution in [0.3, 0.4) is 0 Å². The van der Waals surface area contributed by atoms with E-state index in [0.29, 0.717) is 13.0 Å². The zero-order valence-corrected chi connectivity index (χ0v) is 8.78. The van der Waals surface area contributed by atoms with Gasteiger partial charge in [-0.2, -0.15) is 0 Å². The zero-order chi connectivity index (χ0) is 7.98. The van der Waals surface area contributed by atoms with Gasteiger partial charge in [-0.1, -0.05) is 15.9 Å². The van der Waals surface area contributed by atoms with Crippen molar-refractivity contribution in [1.82, 2.24) is 0 Å². The van der Waals surface area contributed by atoms with Gasteiger partial charge in [-0.15, -0.1) is 12.4 Å². The van der Waals surface area contributed by atoms with Crippen LogP contribution >= 0.6 is 28.3 Å². The van der Waals surface area contributed by atoms with Crippen molar-refractivity contribution in [2.75, 3.05) is 11.9 Å². The summed E-state index contributed by atoms with van der Waals surface area (Å²) < 4.78 is 4.67. The van der Waals surface area contributed by atoms with Crippen LogP contribution in [0.15, 0.2) is 0 Å². The Labute approximate surface area is 81.2 Å².